The first-order chi connectivity index (χ1) is 14.1. The summed E-state index contributed by atoms with van der Waals surface area (Å²) in [6.07, 6.45) is 2.27. The number of para-hydroxylation sites is 1. The lowest BCUT2D eigenvalue weighted by molar-refractivity contribution is -0.127. The van der Waals surface area contributed by atoms with E-state index in [1.54, 1.807) is 39.0 Å². The first-order valence-corrected chi connectivity index (χ1v) is 10.5. The molecule has 1 aromatic rings. The Bertz CT molecular complexity index is 808. The maximum Gasteiger partial charge on any atom is 0.407 e. The smallest absolute Gasteiger partial charge is 0.407 e. The number of hydrogen-bond donors (Lipinski definition) is 2. The second-order valence-corrected chi connectivity index (χ2v) is 9.05. The number of halogens is 1. The highest BCUT2D eigenvalue weighted by Crippen LogP contribution is 2.29. The maximum absolute atomic E-state index is 14.0. The van der Waals surface area contributed by atoms with Gasteiger partial charge in [-0.1, -0.05) is 18.6 Å². The molecule has 3 amide bonds. The fourth-order valence-electron chi connectivity index (χ4n) is 4.09. The van der Waals surface area contributed by atoms with E-state index < -0.39 is 23.4 Å². The predicted molar refractivity (Wildman–Crippen MR) is 110 cm³/mol. The van der Waals surface area contributed by atoms with Gasteiger partial charge in [0.2, 0.25) is 11.8 Å². The molecule has 1 aliphatic carbocycles. The third-order valence-electron chi connectivity index (χ3n) is 5.53. The fourth-order valence-corrected chi connectivity index (χ4v) is 4.09. The van der Waals surface area contributed by atoms with Crippen molar-refractivity contribution < 1.29 is 23.5 Å². The molecule has 0 aromatic heterocycles. The minimum Gasteiger partial charge on any atom is -0.444 e. The Labute approximate surface area is 176 Å². The number of anilines is 1. The lowest BCUT2D eigenvalue weighted by Crippen LogP contribution is -2.45. The van der Waals surface area contributed by atoms with Crippen LogP contribution >= 0.6 is 0 Å². The molecule has 8 heteroatoms. The molecule has 2 aliphatic rings. The molecular weight excluding hydrogens is 389 g/mol. The monoisotopic (exact) mass is 419 g/mol. The Morgan fingerprint density at radius 1 is 1.23 bits per heavy atom. The van der Waals surface area contributed by atoms with Crippen LogP contribution in [-0.2, 0) is 14.3 Å². The molecule has 30 heavy (non-hydrogen) atoms. The third-order valence-corrected chi connectivity index (χ3v) is 5.53. The molecule has 2 fully saturated rings. The number of carbonyl (C=O) groups excluding carboxylic acids is 3. The van der Waals surface area contributed by atoms with Gasteiger partial charge in [0.05, 0.1) is 11.6 Å². The van der Waals surface area contributed by atoms with Gasteiger partial charge in [0.15, 0.2) is 0 Å². The van der Waals surface area contributed by atoms with Gasteiger partial charge in [0, 0.05) is 25.6 Å². The fraction of sp³-hybridized carbons (Fsp3) is 0.591. The molecular formula is C22H30FN3O4. The number of hydrogen-bond acceptors (Lipinski definition) is 4. The number of nitrogens with zero attached hydrogens (tertiary/aromatic N) is 1. The van der Waals surface area contributed by atoms with Gasteiger partial charge in [-0.15, -0.1) is 0 Å². The lowest BCUT2D eigenvalue weighted by Gasteiger charge is -2.24. The highest BCUT2D eigenvalue weighted by atomic mass is 19.1. The normalized spacial score (nSPS) is 24.1. The minimum absolute atomic E-state index is 0.0632. The minimum atomic E-state index is -0.563. The van der Waals surface area contributed by atoms with Crippen LogP contribution in [0.3, 0.4) is 0 Å². The molecule has 0 bridgehead atoms. The Hall–Kier alpha value is -2.64. The Morgan fingerprint density at radius 3 is 2.67 bits per heavy atom. The van der Waals surface area contributed by atoms with Crippen molar-refractivity contribution in [2.24, 2.45) is 11.8 Å². The first kappa shape index (κ1) is 22.1. The zero-order valence-corrected chi connectivity index (χ0v) is 17.7. The van der Waals surface area contributed by atoms with E-state index in [1.807, 2.05) is 0 Å². The summed E-state index contributed by atoms with van der Waals surface area (Å²) < 4.78 is 19.3. The second kappa shape index (κ2) is 9.02. The molecule has 1 saturated carbocycles. The van der Waals surface area contributed by atoms with E-state index in [0.717, 1.165) is 19.3 Å². The van der Waals surface area contributed by atoms with Gasteiger partial charge in [-0.2, -0.15) is 0 Å². The number of amides is 3. The summed E-state index contributed by atoms with van der Waals surface area (Å²) in [5.41, 5.74) is -0.356. The Balaban J connectivity index is 1.53. The maximum atomic E-state index is 14.0. The van der Waals surface area contributed by atoms with Crippen molar-refractivity contribution in [1.82, 2.24) is 10.6 Å². The van der Waals surface area contributed by atoms with Crippen molar-refractivity contribution in [3.05, 3.63) is 30.1 Å². The van der Waals surface area contributed by atoms with Crippen LogP contribution in [0.5, 0.6) is 0 Å². The van der Waals surface area contributed by atoms with Gasteiger partial charge in [-0.05, 0) is 51.7 Å². The van der Waals surface area contributed by atoms with E-state index in [-0.39, 0.29) is 42.4 Å². The largest absolute Gasteiger partial charge is 0.444 e. The quantitative estimate of drug-likeness (QED) is 0.768. The molecule has 1 aliphatic heterocycles. The van der Waals surface area contributed by atoms with Gasteiger partial charge >= 0.3 is 6.09 Å². The molecule has 1 heterocycles. The van der Waals surface area contributed by atoms with Crippen LogP contribution in [0.25, 0.3) is 0 Å². The zero-order valence-electron chi connectivity index (χ0n) is 17.7. The molecule has 2 N–H and O–H groups in total. The molecule has 7 nitrogen and oxygen atoms in total. The highest BCUT2D eigenvalue weighted by molar-refractivity contribution is 6.00. The second-order valence-electron chi connectivity index (χ2n) is 9.05. The summed E-state index contributed by atoms with van der Waals surface area (Å²) in [7, 11) is 0. The summed E-state index contributed by atoms with van der Waals surface area (Å²) in [5.74, 6) is -1.33. The third kappa shape index (κ3) is 5.49. The number of rotatable bonds is 5. The number of carbonyl (C=O) groups is 3. The van der Waals surface area contributed by atoms with E-state index in [9.17, 15) is 18.8 Å². The Morgan fingerprint density at radius 2 is 1.97 bits per heavy atom. The summed E-state index contributed by atoms with van der Waals surface area (Å²) in [6.45, 7) is 6.00. The van der Waals surface area contributed by atoms with E-state index in [0.29, 0.717) is 6.54 Å². The van der Waals surface area contributed by atoms with E-state index in [1.165, 1.54) is 11.0 Å². The summed E-state index contributed by atoms with van der Waals surface area (Å²) >= 11 is 0. The lowest BCUT2D eigenvalue weighted by atomic mass is 10.0. The van der Waals surface area contributed by atoms with Crippen LogP contribution in [0.2, 0.25) is 0 Å². The Kier molecular flexibility index (Phi) is 6.63. The van der Waals surface area contributed by atoms with E-state index >= 15 is 0 Å². The van der Waals surface area contributed by atoms with Gasteiger partial charge in [-0.3, -0.25) is 9.59 Å². The van der Waals surface area contributed by atoms with E-state index in [2.05, 4.69) is 10.6 Å². The van der Waals surface area contributed by atoms with Crippen molar-refractivity contribution in [3.63, 3.8) is 0 Å². The summed E-state index contributed by atoms with van der Waals surface area (Å²) in [5, 5.41) is 5.83. The molecule has 3 atom stereocenters. The molecule has 0 unspecified atom stereocenters. The number of alkyl carbamates (subject to hydrolysis) is 1. The SMILES string of the molecule is CC(C)(C)OC(=O)NC[C@@H]1CCC[C@@H]1NC(=O)[C@H]1CC(=O)N(c2ccccc2F)C1. The van der Waals surface area contributed by atoms with Gasteiger partial charge < -0.3 is 20.3 Å². The van der Waals surface area contributed by atoms with Crippen LogP contribution in [0, 0.1) is 17.7 Å². The van der Waals surface area contributed by atoms with E-state index in [4.69, 9.17) is 4.74 Å². The number of benzene rings is 1. The predicted octanol–water partition coefficient (Wildman–Crippen LogP) is 2.99. The van der Waals surface area contributed by atoms with Gasteiger partial charge in [0.25, 0.3) is 0 Å². The van der Waals surface area contributed by atoms with Crippen molar-refractivity contribution in [3.8, 4) is 0 Å². The molecule has 1 saturated heterocycles. The zero-order chi connectivity index (χ0) is 21.9. The van der Waals surface area contributed by atoms with Crippen molar-refractivity contribution in [2.45, 2.75) is 58.1 Å². The summed E-state index contributed by atoms with van der Waals surface area (Å²) in [4.78, 5) is 38.4. The number of ether oxygens (including phenoxy) is 1. The first-order valence-electron chi connectivity index (χ1n) is 10.5. The van der Waals surface area contributed by atoms with Crippen LogP contribution in [0.1, 0.15) is 46.5 Å². The van der Waals surface area contributed by atoms with Crippen molar-refractivity contribution in [1.29, 1.82) is 0 Å². The standard InChI is InChI=1S/C22H30FN3O4/c1-22(2,3)30-21(29)24-12-14-7-6-9-17(14)25-20(28)15-11-19(27)26(13-15)18-10-5-4-8-16(18)23/h4-5,8,10,14-15,17H,6-7,9,11-13H2,1-3H3,(H,24,29)(H,25,28)/t14-,15-,17-/m0/s1. The average molecular weight is 419 g/mol. The molecule has 0 radical (unpaired) electrons. The van der Waals surface area contributed by atoms with Crippen LogP contribution in [-0.4, -0.2) is 42.6 Å². The van der Waals surface area contributed by atoms with Crippen LogP contribution in [0.15, 0.2) is 24.3 Å². The van der Waals surface area contributed by atoms with Gasteiger partial charge in [-0.25, -0.2) is 9.18 Å². The average Bonchev–Trinajstić information content (AvgIpc) is 3.25. The molecule has 0 spiro atoms. The highest BCUT2D eigenvalue weighted by Gasteiger charge is 2.38. The topological polar surface area (TPSA) is 87.7 Å². The molecule has 164 valence electrons. The van der Waals surface area contributed by atoms with Crippen molar-refractivity contribution >= 4 is 23.6 Å². The summed E-state index contributed by atoms with van der Waals surface area (Å²) in [6, 6.07) is 6.01. The molecule has 1 aromatic carbocycles. The van der Waals surface area contributed by atoms with Crippen LogP contribution in [0.4, 0.5) is 14.9 Å². The van der Waals surface area contributed by atoms with Crippen LogP contribution < -0.4 is 15.5 Å². The molecule has 3 rings (SSSR count). The number of nitrogens with one attached hydrogen (secondary N) is 2. The van der Waals surface area contributed by atoms with Gasteiger partial charge in [0.1, 0.15) is 11.4 Å². The van der Waals surface area contributed by atoms with Crippen molar-refractivity contribution in [2.75, 3.05) is 18.0 Å².